The maximum atomic E-state index is 10.7. The summed E-state index contributed by atoms with van der Waals surface area (Å²) in [6.07, 6.45) is 0.481. The Labute approximate surface area is 74.5 Å². The number of carbonyl (C=O) groups is 2. The molecular weight excluding hydrogens is 178 g/mol. The first-order valence-electron chi connectivity index (χ1n) is 3.54. The molecule has 0 spiro atoms. The third-order valence-electron chi connectivity index (χ3n) is 1.10. The second kappa shape index (κ2) is 6.15. The van der Waals surface area contributed by atoms with E-state index in [9.17, 15) is 9.59 Å². The summed E-state index contributed by atoms with van der Waals surface area (Å²) in [6.45, 7) is -0.567. The van der Waals surface area contributed by atoms with E-state index in [1.807, 2.05) is 0 Å². The Kier molecular flexibility index (Phi) is 5.49. The Hall–Kier alpha value is -1.40. The van der Waals surface area contributed by atoms with Gasteiger partial charge < -0.3 is 20.6 Å². The maximum Gasteiger partial charge on any atom is 0.328 e. The third kappa shape index (κ3) is 6.98. The van der Waals surface area contributed by atoms with E-state index in [2.05, 4.69) is 5.32 Å². The van der Waals surface area contributed by atoms with E-state index in [-0.39, 0.29) is 6.54 Å². The number of hydrogen-bond acceptors (Lipinski definition) is 4. The van der Waals surface area contributed by atoms with Crippen LogP contribution >= 0.6 is 0 Å². The van der Waals surface area contributed by atoms with E-state index in [1.165, 1.54) is 0 Å². The van der Waals surface area contributed by atoms with Crippen molar-refractivity contribution < 1.29 is 24.9 Å². The van der Waals surface area contributed by atoms with Gasteiger partial charge in [0.15, 0.2) is 0 Å². The minimum Gasteiger partial charge on any atom is -0.478 e. The van der Waals surface area contributed by atoms with Gasteiger partial charge in [0.2, 0.25) is 5.91 Å². The second-order valence-corrected chi connectivity index (χ2v) is 2.25. The van der Waals surface area contributed by atoms with Gasteiger partial charge in [0.25, 0.3) is 0 Å². The smallest absolute Gasteiger partial charge is 0.328 e. The van der Waals surface area contributed by atoms with Crippen molar-refractivity contribution in [1.82, 2.24) is 5.32 Å². The highest BCUT2D eigenvalue weighted by molar-refractivity contribution is 5.93. The van der Waals surface area contributed by atoms with Crippen LogP contribution in [-0.2, 0) is 9.59 Å². The fourth-order valence-electron chi connectivity index (χ4n) is 0.489. The molecule has 0 aliphatic carbocycles. The lowest BCUT2D eigenvalue weighted by molar-refractivity contribution is -0.131. The summed E-state index contributed by atoms with van der Waals surface area (Å²) in [5, 5.41) is 27.5. The summed E-state index contributed by atoms with van der Waals surface area (Å²) in [5.74, 6) is -1.85. The molecule has 1 amide bonds. The number of aliphatic hydroxyl groups excluding tert-OH is 2. The molecule has 6 heteroatoms. The van der Waals surface area contributed by atoms with E-state index in [4.69, 9.17) is 15.3 Å². The maximum absolute atomic E-state index is 10.7. The Bertz CT molecular complexity index is 213. The van der Waals surface area contributed by atoms with Crippen LogP contribution in [0.25, 0.3) is 0 Å². The van der Waals surface area contributed by atoms with Gasteiger partial charge in [0, 0.05) is 18.7 Å². The summed E-state index contributed by atoms with van der Waals surface area (Å²) in [5.41, 5.74) is 0. The molecular formula is C7H11NO5. The largest absolute Gasteiger partial charge is 0.478 e. The minimum absolute atomic E-state index is 0.112. The van der Waals surface area contributed by atoms with E-state index < -0.39 is 24.6 Å². The van der Waals surface area contributed by atoms with Crippen LogP contribution in [-0.4, -0.2) is 46.5 Å². The summed E-state index contributed by atoms with van der Waals surface area (Å²) < 4.78 is 0. The first-order valence-corrected chi connectivity index (χ1v) is 3.54. The van der Waals surface area contributed by atoms with Crippen LogP contribution in [0.4, 0.5) is 0 Å². The van der Waals surface area contributed by atoms with E-state index >= 15 is 0 Å². The van der Waals surface area contributed by atoms with Crippen molar-refractivity contribution >= 4 is 11.9 Å². The van der Waals surface area contributed by atoms with Gasteiger partial charge in [-0.05, 0) is 0 Å². The fourth-order valence-corrected chi connectivity index (χ4v) is 0.489. The van der Waals surface area contributed by atoms with Gasteiger partial charge in [-0.1, -0.05) is 0 Å². The van der Waals surface area contributed by atoms with Crippen LogP contribution in [0.3, 0.4) is 0 Å². The summed E-state index contributed by atoms with van der Waals surface area (Å²) >= 11 is 0. The molecule has 0 aromatic carbocycles. The molecule has 1 unspecified atom stereocenters. The van der Waals surface area contributed by atoms with Crippen LogP contribution < -0.4 is 5.32 Å². The highest BCUT2D eigenvalue weighted by Gasteiger charge is 2.02. The Balaban J connectivity index is 3.69. The molecule has 0 aromatic rings. The van der Waals surface area contributed by atoms with Gasteiger partial charge >= 0.3 is 5.97 Å². The number of carbonyl (C=O) groups excluding carboxylic acids is 1. The summed E-state index contributed by atoms with van der Waals surface area (Å²) in [4.78, 5) is 20.7. The molecule has 74 valence electrons. The van der Waals surface area contributed by atoms with Gasteiger partial charge in [-0.25, -0.2) is 4.79 Å². The molecule has 13 heavy (non-hydrogen) atoms. The lowest BCUT2D eigenvalue weighted by Gasteiger charge is -2.06. The molecule has 0 aromatic heterocycles. The summed E-state index contributed by atoms with van der Waals surface area (Å²) in [6, 6.07) is 0. The van der Waals surface area contributed by atoms with Crippen molar-refractivity contribution in [1.29, 1.82) is 0 Å². The van der Waals surface area contributed by atoms with Gasteiger partial charge in [0.05, 0.1) is 12.7 Å². The average Bonchev–Trinajstić information content (AvgIpc) is 2.10. The van der Waals surface area contributed by atoms with Crippen LogP contribution in [0, 0.1) is 0 Å². The molecule has 0 aliphatic rings. The van der Waals surface area contributed by atoms with Gasteiger partial charge in [-0.15, -0.1) is 0 Å². The van der Waals surface area contributed by atoms with E-state index in [1.54, 1.807) is 0 Å². The molecule has 0 radical (unpaired) electrons. The number of carboxylic acid groups (broad SMARTS) is 1. The fraction of sp³-hybridized carbons (Fsp3) is 0.429. The first kappa shape index (κ1) is 11.6. The zero-order chi connectivity index (χ0) is 10.3. The van der Waals surface area contributed by atoms with Crippen molar-refractivity contribution in [2.24, 2.45) is 0 Å². The monoisotopic (exact) mass is 189 g/mol. The number of hydrogen-bond donors (Lipinski definition) is 4. The standard InChI is InChI=1S/C7H11NO5/c9-4-5(10)3-8-6(11)1-2-7(12)13/h1-2,5,9-10H,3-4H2,(H,8,11)(H,12,13)/b2-1-. The molecule has 0 saturated heterocycles. The number of aliphatic hydroxyl groups is 2. The van der Waals surface area contributed by atoms with Crippen LogP contribution in [0.5, 0.6) is 0 Å². The third-order valence-corrected chi connectivity index (χ3v) is 1.10. The van der Waals surface area contributed by atoms with Crippen molar-refractivity contribution in [3.63, 3.8) is 0 Å². The van der Waals surface area contributed by atoms with Gasteiger partial charge in [0.1, 0.15) is 0 Å². The number of rotatable bonds is 5. The number of amides is 1. The van der Waals surface area contributed by atoms with Crippen LogP contribution in [0.1, 0.15) is 0 Å². The predicted molar refractivity (Wildman–Crippen MR) is 42.9 cm³/mol. The second-order valence-electron chi connectivity index (χ2n) is 2.25. The topological polar surface area (TPSA) is 107 Å². The summed E-state index contributed by atoms with van der Waals surface area (Å²) in [7, 11) is 0. The molecule has 4 N–H and O–H groups in total. The van der Waals surface area contributed by atoms with Crippen LogP contribution in [0.15, 0.2) is 12.2 Å². The van der Waals surface area contributed by atoms with Crippen molar-refractivity contribution in [2.45, 2.75) is 6.10 Å². The lowest BCUT2D eigenvalue weighted by atomic mass is 10.3. The van der Waals surface area contributed by atoms with Crippen molar-refractivity contribution in [3.8, 4) is 0 Å². The zero-order valence-electron chi connectivity index (χ0n) is 6.80. The van der Waals surface area contributed by atoms with Crippen LogP contribution in [0.2, 0.25) is 0 Å². The average molecular weight is 189 g/mol. The molecule has 6 nitrogen and oxygen atoms in total. The number of aliphatic carboxylic acids is 1. The van der Waals surface area contributed by atoms with Gasteiger partial charge in [-0.2, -0.15) is 0 Å². The number of carboxylic acids is 1. The molecule has 0 rings (SSSR count). The van der Waals surface area contributed by atoms with Crippen molar-refractivity contribution in [2.75, 3.05) is 13.2 Å². The first-order chi connectivity index (χ1) is 6.06. The zero-order valence-corrected chi connectivity index (χ0v) is 6.80. The SMILES string of the molecule is O=C(O)/C=C\C(=O)NCC(O)CO. The van der Waals surface area contributed by atoms with Crippen molar-refractivity contribution in [3.05, 3.63) is 12.2 Å². The molecule has 0 saturated carbocycles. The molecule has 0 heterocycles. The molecule has 0 fully saturated rings. The number of nitrogens with one attached hydrogen (secondary N) is 1. The predicted octanol–water partition coefficient (Wildman–Crippen LogP) is -1.90. The van der Waals surface area contributed by atoms with Gasteiger partial charge in [-0.3, -0.25) is 4.79 Å². The Morgan fingerprint density at radius 3 is 2.46 bits per heavy atom. The Morgan fingerprint density at radius 1 is 1.38 bits per heavy atom. The normalized spacial score (nSPS) is 12.8. The lowest BCUT2D eigenvalue weighted by Crippen LogP contribution is -2.32. The quantitative estimate of drug-likeness (QED) is 0.378. The molecule has 1 atom stereocenters. The minimum atomic E-state index is -1.22. The molecule has 0 bridgehead atoms. The van der Waals surface area contributed by atoms with E-state index in [0.29, 0.717) is 6.08 Å². The van der Waals surface area contributed by atoms with E-state index in [0.717, 1.165) is 6.08 Å². The molecule has 0 aliphatic heterocycles. The highest BCUT2D eigenvalue weighted by atomic mass is 16.4. The highest BCUT2D eigenvalue weighted by Crippen LogP contribution is 1.78. The Morgan fingerprint density at radius 2 is 2.00 bits per heavy atom.